The molecule has 2 nitrogen and oxygen atoms in total. The smallest absolute Gasteiger partial charge is 0.243 e. The van der Waals surface area contributed by atoms with Gasteiger partial charge in [-0.3, -0.25) is 0 Å². The number of nitrogens with zero attached hydrogens (tertiary/aromatic N) is 2. The van der Waals surface area contributed by atoms with E-state index in [1.165, 1.54) is 6.42 Å². The summed E-state index contributed by atoms with van der Waals surface area (Å²) in [6, 6.07) is 0. The highest BCUT2D eigenvalue weighted by molar-refractivity contribution is 4.64. The predicted molar refractivity (Wildman–Crippen MR) is 35.9 cm³/mol. The van der Waals surface area contributed by atoms with Crippen LogP contribution in [0.15, 0.2) is 18.7 Å². The van der Waals surface area contributed by atoms with Gasteiger partial charge in [-0.1, -0.05) is 6.92 Å². The van der Waals surface area contributed by atoms with Gasteiger partial charge in [0, 0.05) is 0 Å². The molecule has 0 amide bonds. The van der Waals surface area contributed by atoms with Crippen LogP contribution in [-0.2, 0) is 13.6 Å². The van der Waals surface area contributed by atoms with Gasteiger partial charge in [0.25, 0.3) is 0 Å². The van der Waals surface area contributed by atoms with Crippen LogP contribution in [0.1, 0.15) is 13.3 Å². The number of rotatable bonds is 2. The molecule has 10 heavy (non-hydrogen) atoms. The van der Waals surface area contributed by atoms with Gasteiger partial charge in [-0.25, -0.2) is 9.13 Å². The van der Waals surface area contributed by atoms with Crippen molar-refractivity contribution in [2.45, 2.75) is 19.9 Å². The quantitative estimate of drug-likeness (QED) is 0.414. The summed E-state index contributed by atoms with van der Waals surface area (Å²) in [6.07, 6.45) is 7.43. The van der Waals surface area contributed by atoms with Gasteiger partial charge in [0.15, 0.2) is 0 Å². The van der Waals surface area contributed by atoms with Crippen LogP contribution in [0.2, 0.25) is 0 Å². The van der Waals surface area contributed by atoms with E-state index in [0.717, 1.165) is 6.54 Å². The Balaban J connectivity index is 0.000000810. The van der Waals surface area contributed by atoms with Crippen molar-refractivity contribution in [2.75, 3.05) is 0 Å². The second kappa shape index (κ2) is 4.04. The Morgan fingerprint density at radius 1 is 1.50 bits per heavy atom. The first-order valence-corrected chi connectivity index (χ1v) is 3.34. The summed E-state index contributed by atoms with van der Waals surface area (Å²) in [7, 11) is 2.03. The zero-order valence-electron chi connectivity index (χ0n) is 6.42. The fraction of sp³-hybridized carbons (Fsp3) is 0.571. The molecular formula is C7H13FN2. The Hall–Kier alpha value is -0.860. The summed E-state index contributed by atoms with van der Waals surface area (Å²) in [6.45, 7) is 3.31. The van der Waals surface area contributed by atoms with Crippen LogP contribution >= 0.6 is 0 Å². The Morgan fingerprint density at radius 2 is 2.20 bits per heavy atom. The standard InChI is InChI=1S/C7H13N2.FH/c1-3-4-9-6-5-8(2)7-9;/h5-7H,3-4H2,1-2H3;1H/q+1;/p-1. The molecule has 0 fully saturated rings. The van der Waals surface area contributed by atoms with Crippen LogP contribution in [0.4, 0.5) is 0 Å². The molecule has 0 atom stereocenters. The predicted octanol–water partition coefficient (Wildman–Crippen LogP) is -2.27. The van der Waals surface area contributed by atoms with E-state index in [2.05, 4.69) is 34.8 Å². The molecule has 0 aliphatic rings. The normalized spacial score (nSPS) is 9.00. The molecule has 0 spiro atoms. The first kappa shape index (κ1) is 9.14. The van der Waals surface area contributed by atoms with Crippen molar-refractivity contribution in [3.05, 3.63) is 18.7 Å². The van der Waals surface area contributed by atoms with E-state index < -0.39 is 0 Å². The third-order valence-corrected chi connectivity index (χ3v) is 1.31. The zero-order chi connectivity index (χ0) is 6.69. The summed E-state index contributed by atoms with van der Waals surface area (Å²) in [5.74, 6) is 0. The molecule has 3 heteroatoms. The minimum atomic E-state index is 0. The second-order valence-electron chi connectivity index (χ2n) is 2.32. The minimum absolute atomic E-state index is 0. The number of aryl methyl sites for hydroxylation is 2. The molecule has 1 aromatic heterocycles. The molecule has 0 aliphatic carbocycles. The molecule has 1 aromatic rings. The summed E-state index contributed by atoms with van der Waals surface area (Å²) < 4.78 is 4.23. The molecule has 0 radical (unpaired) electrons. The van der Waals surface area contributed by atoms with E-state index in [-0.39, 0.29) is 4.70 Å². The van der Waals surface area contributed by atoms with Crippen LogP contribution in [-0.4, -0.2) is 4.57 Å². The summed E-state index contributed by atoms with van der Waals surface area (Å²) in [5.41, 5.74) is 0. The van der Waals surface area contributed by atoms with Gasteiger partial charge >= 0.3 is 0 Å². The van der Waals surface area contributed by atoms with Gasteiger partial charge in [0.05, 0.1) is 13.6 Å². The van der Waals surface area contributed by atoms with E-state index in [4.69, 9.17) is 0 Å². The molecule has 1 heterocycles. The molecule has 0 saturated carbocycles. The topological polar surface area (TPSA) is 8.81 Å². The maximum absolute atomic E-state index is 2.18. The maximum Gasteiger partial charge on any atom is 0.243 e. The number of imidazole rings is 1. The molecule has 0 aliphatic heterocycles. The van der Waals surface area contributed by atoms with Crippen molar-refractivity contribution >= 4 is 0 Å². The van der Waals surface area contributed by atoms with E-state index in [9.17, 15) is 0 Å². The SMILES string of the molecule is CCCn1cc[n+](C)c1.[F-]. The van der Waals surface area contributed by atoms with Crippen LogP contribution in [0, 0.1) is 0 Å². The Bertz CT molecular complexity index is 183. The van der Waals surface area contributed by atoms with Crippen LogP contribution < -0.4 is 9.27 Å². The number of aromatic nitrogens is 2. The van der Waals surface area contributed by atoms with Crippen molar-refractivity contribution in [3.8, 4) is 0 Å². The lowest BCUT2D eigenvalue weighted by Crippen LogP contribution is -3.00. The van der Waals surface area contributed by atoms with Crippen LogP contribution in [0.25, 0.3) is 0 Å². The van der Waals surface area contributed by atoms with Crippen LogP contribution in [0.5, 0.6) is 0 Å². The minimum Gasteiger partial charge on any atom is -1.00 e. The van der Waals surface area contributed by atoms with Crippen molar-refractivity contribution < 1.29 is 9.27 Å². The van der Waals surface area contributed by atoms with Crippen molar-refractivity contribution in [1.29, 1.82) is 0 Å². The average molecular weight is 144 g/mol. The first-order valence-electron chi connectivity index (χ1n) is 3.34. The van der Waals surface area contributed by atoms with Gasteiger partial charge < -0.3 is 4.70 Å². The monoisotopic (exact) mass is 144 g/mol. The van der Waals surface area contributed by atoms with Crippen molar-refractivity contribution in [2.24, 2.45) is 7.05 Å². The van der Waals surface area contributed by atoms with E-state index in [1.54, 1.807) is 0 Å². The average Bonchev–Trinajstić information content (AvgIpc) is 2.17. The largest absolute Gasteiger partial charge is 1.00 e. The Kier molecular flexibility index (Phi) is 3.69. The summed E-state index contributed by atoms with van der Waals surface area (Å²) >= 11 is 0. The first-order chi connectivity index (χ1) is 4.33. The van der Waals surface area contributed by atoms with Gasteiger partial charge in [-0.2, -0.15) is 0 Å². The lowest BCUT2D eigenvalue weighted by atomic mass is 10.5. The van der Waals surface area contributed by atoms with E-state index in [0.29, 0.717) is 0 Å². The summed E-state index contributed by atoms with van der Waals surface area (Å²) in [4.78, 5) is 0. The highest BCUT2D eigenvalue weighted by Crippen LogP contribution is 1.85. The van der Waals surface area contributed by atoms with Crippen molar-refractivity contribution in [1.82, 2.24) is 4.57 Å². The Morgan fingerprint density at radius 3 is 2.60 bits per heavy atom. The van der Waals surface area contributed by atoms with E-state index in [1.807, 2.05) is 7.05 Å². The zero-order valence-corrected chi connectivity index (χ0v) is 6.42. The molecule has 58 valence electrons. The van der Waals surface area contributed by atoms with Gasteiger partial charge in [0.2, 0.25) is 6.33 Å². The molecule has 0 bridgehead atoms. The molecule has 0 saturated heterocycles. The molecule has 0 N–H and O–H groups in total. The molecular weight excluding hydrogens is 131 g/mol. The lowest BCUT2D eigenvalue weighted by molar-refractivity contribution is -0.671. The number of halogens is 1. The third-order valence-electron chi connectivity index (χ3n) is 1.31. The van der Waals surface area contributed by atoms with E-state index >= 15 is 0 Å². The van der Waals surface area contributed by atoms with Crippen LogP contribution in [0.3, 0.4) is 0 Å². The molecule has 0 aromatic carbocycles. The van der Waals surface area contributed by atoms with Crippen molar-refractivity contribution in [3.63, 3.8) is 0 Å². The highest BCUT2D eigenvalue weighted by atomic mass is 19.0. The number of hydrogen-bond donors (Lipinski definition) is 0. The second-order valence-corrected chi connectivity index (χ2v) is 2.32. The van der Waals surface area contributed by atoms with Gasteiger partial charge in [-0.05, 0) is 6.42 Å². The maximum atomic E-state index is 2.18. The van der Waals surface area contributed by atoms with Gasteiger partial charge in [0.1, 0.15) is 12.4 Å². The summed E-state index contributed by atoms with van der Waals surface area (Å²) in [5, 5.41) is 0. The Labute approximate surface area is 60.5 Å². The molecule has 1 rings (SSSR count). The fourth-order valence-electron chi connectivity index (χ4n) is 0.892. The highest BCUT2D eigenvalue weighted by Gasteiger charge is 1.94. The number of hydrogen-bond acceptors (Lipinski definition) is 0. The fourth-order valence-corrected chi connectivity index (χ4v) is 0.892. The lowest BCUT2D eigenvalue weighted by Gasteiger charge is -1.86. The van der Waals surface area contributed by atoms with Gasteiger partial charge in [-0.15, -0.1) is 0 Å². The molecule has 0 unspecified atom stereocenters. The third kappa shape index (κ3) is 2.17.